The fraction of sp³-hybridized carbons (Fsp3) is 0.0968. The molecule has 4 aromatic rings. The summed E-state index contributed by atoms with van der Waals surface area (Å²) in [5.74, 6) is 0. The SMILES string of the molecule is CC1(Nc2ccc(-c3ccc(-c4ccccc4)cc3)cc2)C=CC(c2ccccc2)=CC1. The van der Waals surface area contributed by atoms with Crippen molar-refractivity contribution >= 4 is 11.3 Å². The molecular weight excluding hydrogens is 386 g/mol. The monoisotopic (exact) mass is 413 g/mol. The molecule has 0 radical (unpaired) electrons. The normalized spacial score (nSPS) is 17.6. The van der Waals surface area contributed by atoms with Crippen molar-refractivity contribution in [1.82, 2.24) is 0 Å². The van der Waals surface area contributed by atoms with Gasteiger partial charge in [0.1, 0.15) is 0 Å². The fourth-order valence-corrected chi connectivity index (χ4v) is 4.23. The predicted molar refractivity (Wildman–Crippen MR) is 138 cm³/mol. The number of benzene rings is 4. The van der Waals surface area contributed by atoms with Gasteiger partial charge in [0, 0.05) is 5.69 Å². The van der Waals surface area contributed by atoms with Crippen LogP contribution in [0, 0.1) is 0 Å². The maximum Gasteiger partial charge on any atom is 0.0566 e. The molecule has 0 aliphatic heterocycles. The third-order valence-electron chi connectivity index (χ3n) is 6.12. The molecule has 156 valence electrons. The lowest BCUT2D eigenvalue weighted by Crippen LogP contribution is -2.32. The maximum absolute atomic E-state index is 3.71. The standard InChI is InChI=1S/C31H27N/c1-31(22-20-29(21-23-31)25-10-6-3-7-11-25)32-30-18-16-28(17-19-30)27-14-12-26(13-15-27)24-8-4-2-5-9-24/h2-22,32H,23H2,1H3. The maximum atomic E-state index is 3.71. The second-order valence-corrected chi connectivity index (χ2v) is 8.63. The number of anilines is 1. The molecular formula is C31H27N. The summed E-state index contributed by atoms with van der Waals surface area (Å²) in [6, 6.07) is 38.6. The van der Waals surface area contributed by atoms with Crippen LogP contribution in [0.5, 0.6) is 0 Å². The van der Waals surface area contributed by atoms with E-state index in [2.05, 4.69) is 140 Å². The van der Waals surface area contributed by atoms with Crippen molar-refractivity contribution in [2.24, 2.45) is 0 Å². The highest BCUT2D eigenvalue weighted by Gasteiger charge is 2.22. The van der Waals surface area contributed by atoms with Crippen LogP contribution in [0.1, 0.15) is 18.9 Å². The van der Waals surface area contributed by atoms with Crippen LogP contribution >= 0.6 is 0 Å². The first kappa shape index (κ1) is 20.1. The third-order valence-corrected chi connectivity index (χ3v) is 6.12. The van der Waals surface area contributed by atoms with Gasteiger partial charge >= 0.3 is 0 Å². The number of hydrogen-bond donors (Lipinski definition) is 1. The fourth-order valence-electron chi connectivity index (χ4n) is 4.23. The molecule has 1 N–H and O–H groups in total. The van der Waals surface area contributed by atoms with Gasteiger partial charge < -0.3 is 5.32 Å². The van der Waals surface area contributed by atoms with E-state index >= 15 is 0 Å². The van der Waals surface area contributed by atoms with Crippen LogP contribution in [-0.4, -0.2) is 5.54 Å². The van der Waals surface area contributed by atoms with Crippen LogP contribution in [0.3, 0.4) is 0 Å². The van der Waals surface area contributed by atoms with E-state index in [4.69, 9.17) is 0 Å². The second-order valence-electron chi connectivity index (χ2n) is 8.63. The molecule has 0 heterocycles. The Morgan fingerprint density at radius 3 is 1.53 bits per heavy atom. The molecule has 1 aliphatic rings. The van der Waals surface area contributed by atoms with E-state index in [-0.39, 0.29) is 5.54 Å². The van der Waals surface area contributed by atoms with Crippen LogP contribution in [0.15, 0.2) is 127 Å². The highest BCUT2D eigenvalue weighted by molar-refractivity contribution is 5.76. The highest BCUT2D eigenvalue weighted by atomic mass is 15.0. The largest absolute Gasteiger partial charge is 0.376 e. The Labute approximate surface area is 190 Å². The number of rotatable bonds is 5. The van der Waals surface area contributed by atoms with Gasteiger partial charge in [0.05, 0.1) is 5.54 Å². The van der Waals surface area contributed by atoms with Gasteiger partial charge in [0.15, 0.2) is 0 Å². The Balaban J connectivity index is 1.26. The Morgan fingerprint density at radius 2 is 1.03 bits per heavy atom. The highest BCUT2D eigenvalue weighted by Crippen LogP contribution is 2.31. The van der Waals surface area contributed by atoms with Crippen LogP contribution in [0.2, 0.25) is 0 Å². The van der Waals surface area contributed by atoms with Crippen molar-refractivity contribution in [2.75, 3.05) is 5.32 Å². The molecule has 5 rings (SSSR count). The summed E-state index contributed by atoms with van der Waals surface area (Å²) in [5.41, 5.74) is 8.56. The summed E-state index contributed by atoms with van der Waals surface area (Å²) in [6.45, 7) is 2.25. The molecule has 0 spiro atoms. The Kier molecular flexibility index (Phi) is 5.47. The summed E-state index contributed by atoms with van der Waals surface area (Å²) in [4.78, 5) is 0. The van der Waals surface area contributed by atoms with E-state index in [1.165, 1.54) is 33.4 Å². The second kappa shape index (κ2) is 8.72. The van der Waals surface area contributed by atoms with Gasteiger partial charge in [-0.3, -0.25) is 0 Å². The molecule has 1 nitrogen and oxygen atoms in total. The van der Waals surface area contributed by atoms with Crippen LogP contribution in [0.4, 0.5) is 5.69 Å². The van der Waals surface area contributed by atoms with E-state index < -0.39 is 0 Å². The first-order valence-electron chi connectivity index (χ1n) is 11.2. The number of allylic oxidation sites excluding steroid dienone is 2. The lowest BCUT2D eigenvalue weighted by molar-refractivity contribution is 0.642. The molecule has 1 heteroatoms. The Bertz CT molecular complexity index is 1230. The van der Waals surface area contributed by atoms with Crippen molar-refractivity contribution in [3.63, 3.8) is 0 Å². The minimum Gasteiger partial charge on any atom is -0.376 e. The van der Waals surface area contributed by atoms with E-state index in [1.54, 1.807) is 0 Å². The first-order valence-corrected chi connectivity index (χ1v) is 11.2. The summed E-state index contributed by atoms with van der Waals surface area (Å²) in [6.07, 6.45) is 7.79. The zero-order valence-electron chi connectivity index (χ0n) is 18.3. The minimum atomic E-state index is -0.0862. The molecule has 1 atom stereocenters. The Morgan fingerprint density at radius 1 is 0.562 bits per heavy atom. The van der Waals surface area contributed by atoms with Gasteiger partial charge in [-0.1, -0.05) is 115 Å². The lowest BCUT2D eigenvalue weighted by Gasteiger charge is -2.30. The summed E-state index contributed by atoms with van der Waals surface area (Å²) < 4.78 is 0. The summed E-state index contributed by atoms with van der Waals surface area (Å²) in [7, 11) is 0. The van der Waals surface area contributed by atoms with Crippen molar-refractivity contribution < 1.29 is 0 Å². The molecule has 0 fully saturated rings. The van der Waals surface area contributed by atoms with E-state index in [0.29, 0.717) is 0 Å². The summed E-state index contributed by atoms with van der Waals surface area (Å²) >= 11 is 0. The minimum absolute atomic E-state index is 0.0862. The topological polar surface area (TPSA) is 12.0 Å². The average Bonchev–Trinajstić information content (AvgIpc) is 2.86. The molecule has 0 aromatic heterocycles. The molecule has 1 unspecified atom stereocenters. The van der Waals surface area contributed by atoms with Gasteiger partial charge in [0.25, 0.3) is 0 Å². The van der Waals surface area contributed by atoms with Gasteiger partial charge in [-0.25, -0.2) is 0 Å². The molecule has 32 heavy (non-hydrogen) atoms. The smallest absolute Gasteiger partial charge is 0.0566 e. The van der Waals surface area contributed by atoms with Crippen molar-refractivity contribution in [3.05, 3.63) is 133 Å². The third kappa shape index (κ3) is 4.43. The van der Waals surface area contributed by atoms with Gasteiger partial charge in [0.2, 0.25) is 0 Å². The van der Waals surface area contributed by atoms with Crippen LogP contribution in [0.25, 0.3) is 27.8 Å². The zero-order chi connectivity index (χ0) is 21.8. The zero-order valence-corrected chi connectivity index (χ0v) is 18.3. The molecule has 0 saturated carbocycles. The van der Waals surface area contributed by atoms with E-state index in [0.717, 1.165) is 12.1 Å². The average molecular weight is 414 g/mol. The molecule has 0 bridgehead atoms. The van der Waals surface area contributed by atoms with Crippen LogP contribution < -0.4 is 5.32 Å². The van der Waals surface area contributed by atoms with E-state index in [9.17, 15) is 0 Å². The molecule has 4 aromatic carbocycles. The van der Waals surface area contributed by atoms with Gasteiger partial charge in [-0.2, -0.15) is 0 Å². The summed E-state index contributed by atoms with van der Waals surface area (Å²) in [5, 5.41) is 3.71. The van der Waals surface area contributed by atoms with Gasteiger partial charge in [-0.15, -0.1) is 0 Å². The quantitative estimate of drug-likeness (QED) is 0.347. The molecule has 0 saturated heterocycles. The number of nitrogens with one attached hydrogen (secondary N) is 1. The van der Waals surface area contributed by atoms with Gasteiger partial charge in [-0.05, 0) is 58.9 Å². The Hall–Kier alpha value is -3.84. The van der Waals surface area contributed by atoms with Crippen molar-refractivity contribution in [1.29, 1.82) is 0 Å². The van der Waals surface area contributed by atoms with Crippen molar-refractivity contribution in [3.8, 4) is 22.3 Å². The van der Waals surface area contributed by atoms with Crippen LogP contribution in [-0.2, 0) is 0 Å². The lowest BCUT2D eigenvalue weighted by atomic mass is 9.88. The number of hydrogen-bond acceptors (Lipinski definition) is 1. The molecule has 0 amide bonds. The predicted octanol–water partition coefficient (Wildman–Crippen LogP) is 8.23. The van der Waals surface area contributed by atoms with E-state index in [1.807, 2.05) is 0 Å². The van der Waals surface area contributed by atoms with Crippen molar-refractivity contribution in [2.45, 2.75) is 18.9 Å². The first-order chi connectivity index (χ1) is 15.7. The molecule has 1 aliphatic carbocycles.